The number of esters is 1. The molecule has 25 N–H and O–H groups in total. The number of aliphatic carboxylic acids is 4. The van der Waals surface area contributed by atoms with E-state index in [0.717, 1.165) is 52.0 Å². The number of carbonyl (C=O) groups excluding carboxylic acids is 16. The lowest BCUT2D eigenvalue weighted by Crippen LogP contribution is -2.62. The number of nitrogens with one attached hydrogen (secondary N) is 14. The van der Waals surface area contributed by atoms with Crippen molar-refractivity contribution in [1.29, 1.82) is 0 Å². The third kappa shape index (κ3) is 31.8. The zero-order chi connectivity index (χ0) is 92.3. The Labute approximate surface area is 713 Å². The molecular formula is C81H103N17O27. The molecule has 5 aromatic rings. The average molecular weight is 1750 g/mol. The predicted molar refractivity (Wildman–Crippen MR) is 438 cm³/mol. The second kappa shape index (κ2) is 48.8. The van der Waals surface area contributed by atoms with Gasteiger partial charge in [-0.1, -0.05) is 87.7 Å². The first-order chi connectivity index (χ1) is 59.3. The number of hydrogen-bond donors (Lipinski definition) is 22. The number of para-hydroxylation sites is 2. The van der Waals surface area contributed by atoms with E-state index in [1.165, 1.54) is 36.4 Å². The molecule has 4 aromatic carbocycles. The molecule has 13 atom stereocenters. The van der Waals surface area contributed by atoms with Crippen LogP contribution in [0.3, 0.4) is 0 Å². The maximum absolute atomic E-state index is 14.9. The van der Waals surface area contributed by atoms with Crippen LogP contribution in [0.5, 0.6) is 5.75 Å². The molecule has 1 fully saturated rings. The molecule has 1 aliphatic rings. The minimum atomic E-state index is -2.47. The van der Waals surface area contributed by atoms with Crippen molar-refractivity contribution in [3.8, 4) is 16.9 Å². The fourth-order valence-electron chi connectivity index (χ4n) is 12.7. The molecule has 6 rings (SSSR count). The van der Waals surface area contributed by atoms with E-state index in [9.17, 15) is 121 Å². The molecule has 1 saturated heterocycles. The zero-order valence-electron chi connectivity index (χ0n) is 68.5. The predicted octanol–water partition coefficient (Wildman–Crippen LogP) is -3.82. The Hall–Kier alpha value is -14.5. The Bertz CT molecular complexity index is 4770. The number of Topliss-reactive ketones (excluding diaryl/α,β-unsaturated/α-hetero) is 1. The number of fused-ring (bicyclic) bond motifs is 1. The third-order valence-electron chi connectivity index (χ3n) is 19.4. The van der Waals surface area contributed by atoms with Crippen molar-refractivity contribution in [2.45, 2.75) is 184 Å². The van der Waals surface area contributed by atoms with E-state index in [0.29, 0.717) is 34.4 Å². The molecule has 674 valence electrons. The zero-order valence-corrected chi connectivity index (χ0v) is 68.5. The number of aromatic amines is 1. The first-order valence-corrected chi connectivity index (χ1v) is 39.6. The summed E-state index contributed by atoms with van der Waals surface area (Å²) in [6.45, 7) is 1.64. The maximum Gasteiger partial charge on any atom is 0.329 e. The number of ether oxygens (including phenoxy) is 2. The fourth-order valence-corrected chi connectivity index (χ4v) is 12.7. The summed E-state index contributed by atoms with van der Waals surface area (Å²) in [5, 5.41) is 78.8. The van der Waals surface area contributed by atoms with Gasteiger partial charge in [0.1, 0.15) is 78.3 Å². The standard InChI is InChI=1S/C81H103N17O27/c1-5-6-7-12-28-124-47-25-23-44(24-26-47)43-19-21-45(22-20-43)71(113)92-53(30-46-36-85-51-17-11-9-14-48(46)51)75(117)93-54(32-61(84)101)76(118)95-57(35-67(110)111)77(119)98-69-42(4)125-81(123)58(31-60(100)49-15-8-10-16-50(49)83)96-80(122)68(40(2)29-64(104)105)97-78(120)59(39-99)90-63(103)37-86-72(114)55(33-65(106)107)91-70(112)41(3)88-74(116)56(34-66(108)109)94-73(115)52(18-13-27-82)89-62(102)38-87-79(69)121/h8-11,14-17,19-26,36,40-42,52-59,68-69,85,99H,5-7,12-13,18,27-35,37-39,82-83H2,1-4H3,(H2,84,101)(H,86,114)(H,87,121)(H,88,116)(H,89,102)(H,90,103)(H,91,112)(H,92,113)(H,93,117)(H,94,115)(H,95,118)(H,96,122)(H,97,120)(H,98,119)(H,104,105)(H,106,107)(H,108,109)(H,110,111)/t40-,41+,42+,52-,53-,54-,55-,56+,57-,58-,59+,68-,69-/m0/s1. The number of primary amides is 1. The minimum absolute atomic E-state index is 0.0566. The molecule has 0 radical (unpaired) electrons. The molecule has 125 heavy (non-hydrogen) atoms. The van der Waals surface area contributed by atoms with Crippen molar-refractivity contribution in [1.82, 2.24) is 74.1 Å². The summed E-state index contributed by atoms with van der Waals surface area (Å²) in [5.74, 6) is -29.6. The lowest BCUT2D eigenvalue weighted by molar-refractivity contribution is -0.156. The summed E-state index contributed by atoms with van der Waals surface area (Å²) in [7, 11) is 0. The molecule has 14 amide bonds. The Morgan fingerprint density at radius 3 is 1.70 bits per heavy atom. The van der Waals surface area contributed by atoms with Crippen LogP contribution in [-0.4, -0.2) is 254 Å². The number of carboxylic acid groups (broad SMARTS) is 4. The Morgan fingerprint density at radius 2 is 1.10 bits per heavy atom. The number of cyclic esters (lactones) is 1. The smallest absolute Gasteiger partial charge is 0.329 e. The number of aliphatic hydroxyl groups is 1. The number of H-pyrrole nitrogens is 1. The van der Waals surface area contributed by atoms with Crippen LogP contribution >= 0.6 is 0 Å². The van der Waals surface area contributed by atoms with Crippen molar-refractivity contribution < 1.29 is 131 Å². The average Bonchev–Trinajstić information content (AvgIpc) is 1.38. The number of unbranched alkanes of at least 4 members (excludes halogenated alkanes) is 3. The number of ketones is 1. The molecule has 44 heteroatoms. The molecule has 0 aliphatic carbocycles. The molecule has 0 bridgehead atoms. The molecule has 0 saturated carbocycles. The molecule has 2 heterocycles. The van der Waals surface area contributed by atoms with Crippen LogP contribution in [0.25, 0.3) is 22.0 Å². The number of nitrogens with two attached hydrogens (primary N) is 3. The van der Waals surface area contributed by atoms with Crippen molar-refractivity contribution in [2.24, 2.45) is 17.4 Å². The van der Waals surface area contributed by atoms with Gasteiger partial charge < -0.3 is 126 Å². The Kier molecular flexibility index (Phi) is 38.8. The van der Waals surface area contributed by atoms with Gasteiger partial charge in [0.25, 0.3) is 5.91 Å². The van der Waals surface area contributed by atoms with Crippen LogP contribution in [0.1, 0.15) is 131 Å². The van der Waals surface area contributed by atoms with Gasteiger partial charge >= 0.3 is 29.8 Å². The molecule has 0 spiro atoms. The quantitative estimate of drug-likeness (QED) is 0.00800. The number of aromatic nitrogens is 1. The number of rotatable bonds is 35. The van der Waals surface area contributed by atoms with Gasteiger partial charge in [0.05, 0.1) is 58.4 Å². The topological polar surface area (TPSA) is 711 Å². The van der Waals surface area contributed by atoms with Gasteiger partial charge in [-0.3, -0.25) is 91.1 Å². The minimum Gasteiger partial charge on any atom is -0.494 e. The lowest BCUT2D eigenvalue weighted by Gasteiger charge is -2.30. The number of carboxylic acids is 4. The summed E-state index contributed by atoms with van der Waals surface area (Å²) in [6, 6.07) is 2.60. The first kappa shape index (κ1) is 99.4. The van der Waals surface area contributed by atoms with Crippen molar-refractivity contribution in [2.75, 3.05) is 38.6 Å². The largest absolute Gasteiger partial charge is 0.494 e. The van der Waals surface area contributed by atoms with Crippen LogP contribution in [0, 0.1) is 5.92 Å². The number of nitrogen functional groups attached to an aromatic ring is 1. The first-order valence-electron chi connectivity index (χ1n) is 39.6. The normalized spacial score (nSPS) is 20.4. The second-order valence-electron chi connectivity index (χ2n) is 29.3. The number of anilines is 1. The maximum atomic E-state index is 14.9. The summed E-state index contributed by atoms with van der Waals surface area (Å²) < 4.78 is 11.6. The molecule has 44 nitrogen and oxygen atoms in total. The molecule has 0 unspecified atom stereocenters. The van der Waals surface area contributed by atoms with Gasteiger partial charge in [-0.05, 0) is 105 Å². The van der Waals surface area contributed by atoms with E-state index in [-0.39, 0.29) is 36.2 Å². The van der Waals surface area contributed by atoms with Crippen LogP contribution in [0.15, 0.2) is 103 Å². The molecule has 1 aliphatic heterocycles. The highest BCUT2D eigenvalue weighted by Gasteiger charge is 2.41. The monoisotopic (exact) mass is 1750 g/mol. The summed E-state index contributed by atoms with van der Waals surface area (Å²) >= 11 is 0. The number of amides is 14. The van der Waals surface area contributed by atoms with Gasteiger partial charge in [-0.2, -0.15) is 0 Å². The summed E-state index contributed by atoms with van der Waals surface area (Å²) in [6.07, 6.45) is -4.49. The highest BCUT2D eigenvalue weighted by Crippen LogP contribution is 2.25. The van der Waals surface area contributed by atoms with Gasteiger partial charge in [-0.15, -0.1) is 0 Å². The van der Waals surface area contributed by atoms with Crippen molar-refractivity contribution in [3.63, 3.8) is 0 Å². The van der Waals surface area contributed by atoms with Crippen LogP contribution < -0.4 is 91.1 Å². The van der Waals surface area contributed by atoms with Gasteiger partial charge in [0.15, 0.2) is 5.78 Å². The fraction of sp³-hybridized carbons (Fsp3) is 0.432. The highest BCUT2D eigenvalue weighted by atomic mass is 16.5. The van der Waals surface area contributed by atoms with Crippen molar-refractivity contribution >= 4 is 135 Å². The SMILES string of the molecule is CCCCCCOc1ccc(-c2ccc(C(=O)N[C@@H](Cc3c[nH]c4ccccc34)C(=O)N[C@@H](CC(N)=O)C(=O)N[C@@H](CC(=O)O)C(=O)N[C@@H]3C(=O)NCC(=O)N[C@@H](CCCN)C(=O)N[C@H](CC(=O)O)C(=O)N[C@H](C)C(=O)N[C@@H](CC(=O)O)C(=O)NCC(=O)N[C@H](CO)C(=O)N[C@@H]([C@@H](C)CC(=O)O)C(=O)N[C@@H](CC(=O)c4ccccc4N)C(=O)O[C@@H]3C)cc2)cc1. The van der Waals surface area contributed by atoms with Crippen LogP contribution in [0.4, 0.5) is 5.69 Å². The Balaban J connectivity index is 1.39. The molecular weight excluding hydrogens is 1640 g/mol. The van der Waals surface area contributed by atoms with Gasteiger partial charge in [0.2, 0.25) is 76.8 Å². The van der Waals surface area contributed by atoms with E-state index in [4.69, 9.17) is 26.7 Å². The number of benzene rings is 4. The second-order valence-corrected chi connectivity index (χ2v) is 29.3. The van der Waals surface area contributed by atoms with E-state index in [1.54, 1.807) is 54.7 Å². The van der Waals surface area contributed by atoms with E-state index >= 15 is 0 Å². The van der Waals surface area contributed by atoms with E-state index in [1.807, 2.05) is 28.1 Å². The number of carbonyl (C=O) groups is 20. The van der Waals surface area contributed by atoms with Gasteiger partial charge in [-0.25, -0.2) is 4.79 Å². The lowest BCUT2D eigenvalue weighted by atomic mass is 9.96. The number of hydrogen-bond acceptors (Lipinski definition) is 25. The third-order valence-corrected chi connectivity index (χ3v) is 19.4. The van der Waals surface area contributed by atoms with Crippen LogP contribution in [0.2, 0.25) is 0 Å². The summed E-state index contributed by atoms with van der Waals surface area (Å²) in [4.78, 5) is 279. The van der Waals surface area contributed by atoms with Crippen LogP contribution in [-0.2, 0) is 97.5 Å². The molecule has 1 aromatic heterocycles. The highest BCUT2D eigenvalue weighted by molar-refractivity contribution is 6.06. The van der Waals surface area contributed by atoms with Gasteiger partial charge in [0, 0.05) is 46.8 Å². The Morgan fingerprint density at radius 1 is 0.544 bits per heavy atom. The number of aliphatic hydroxyl groups excluding tert-OH is 1. The van der Waals surface area contributed by atoms with E-state index in [2.05, 4.69) is 65.1 Å². The van der Waals surface area contributed by atoms with E-state index < -0.39 is 261 Å². The van der Waals surface area contributed by atoms with Crippen molar-refractivity contribution in [3.05, 3.63) is 120 Å². The summed E-state index contributed by atoms with van der Waals surface area (Å²) in [5.41, 5.74) is 19.6.